The smallest absolute Gasteiger partial charge is 0.296 e. The number of aryl methyl sites for hydroxylation is 1. The monoisotopic (exact) mass is 353 g/mol. The van der Waals surface area contributed by atoms with Crippen molar-refractivity contribution < 1.29 is 9.32 Å². The van der Waals surface area contributed by atoms with Crippen LogP contribution in [0.15, 0.2) is 34.2 Å². The second-order valence-corrected chi connectivity index (χ2v) is 6.13. The molecule has 0 saturated carbocycles. The van der Waals surface area contributed by atoms with Crippen LogP contribution in [0.25, 0.3) is 11.3 Å². The molecule has 2 aromatic heterocycles. The summed E-state index contributed by atoms with van der Waals surface area (Å²) in [7, 11) is 0. The molecular formula is C14H9Cl2N3O2S. The lowest BCUT2D eigenvalue weighted by molar-refractivity contribution is 0.0988. The van der Waals surface area contributed by atoms with Gasteiger partial charge < -0.3 is 4.52 Å². The van der Waals surface area contributed by atoms with Gasteiger partial charge >= 0.3 is 0 Å². The lowest BCUT2D eigenvalue weighted by Gasteiger charge is -2.00. The first-order valence-electron chi connectivity index (χ1n) is 6.18. The number of halogens is 2. The van der Waals surface area contributed by atoms with Crippen molar-refractivity contribution in [3.63, 3.8) is 0 Å². The Balaban J connectivity index is 1.78. The van der Waals surface area contributed by atoms with Gasteiger partial charge in [0.25, 0.3) is 5.91 Å². The van der Waals surface area contributed by atoms with Gasteiger partial charge in [-0.3, -0.25) is 10.1 Å². The van der Waals surface area contributed by atoms with Crippen molar-refractivity contribution in [3.8, 4) is 11.3 Å². The van der Waals surface area contributed by atoms with Gasteiger partial charge in [0.05, 0.1) is 21.4 Å². The molecule has 22 heavy (non-hydrogen) atoms. The molecule has 0 fully saturated rings. The van der Waals surface area contributed by atoms with Crippen LogP contribution in [-0.2, 0) is 0 Å². The van der Waals surface area contributed by atoms with Crippen molar-refractivity contribution in [2.75, 3.05) is 5.32 Å². The lowest BCUT2D eigenvalue weighted by atomic mass is 10.2. The third-order valence-electron chi connectivity index (χ3n) is 2.79. The number of thiazole rings is 1. The number of carbonyl (C=O) groups is 1. The maximum absolute atomic E-state index is 12.0. The van der Waals surface area contributed by atoms with E-state index in [1.807, 2.05) is 11.4 Å². The molecule has 2 heterocycles. The molecular weight excluding hydrogens is 345 g/mol. The molecule has 1 amide bonds. The van der Waals surface area contributed by atoms with E-state index < -0.39 is 5.91 Å². The number of rotatable bonds is 3. The number of anilines is 1. The number of aromatic nitrogens is 2. The lowest BCUT2D eigenvalue weighted by Crippen LogP contribution is -2.10. The molecule has 0 aliphatic carbocycles. The molecule has 0 unspecified atom stereocenters. The summed E-state index contributed by atoms with van der Waals surface area (Å²) in [5, 5.41) is 9.55. The standard InChI is InChI=1S/C14H9Cl2N3O2S/c1-7-4-12(21-19-7)13(20)18-14-17-11(6-22-14)8-2-3-9(15)10(16)5-8/h2-6H,1H3,(H,17,18,20). The van der Waals surface area contributed by atoms with Gasteiger partial charge in [0.2, 0.25) is 5.76 Å². The highest BCUT2D eigenvalue weighted by Crippen LogP contribution is 2.30. The van der Waals surface area contributed by atoms with E-state index in [1.54, 1.807) is 25.1 Å². The van der Waals surface area contributed by atoms with E-state index in [1.165, 1.54) is 11.3 Å². The van der Waals surface area contributed by atoms with Gasteiger partial charge in [-0.25, -0.2) is 4.98 Å². The fourth-order valence-corrected chi connectivity index (χ4v) is 2.76. The molecule has 0 aliphatic heterocycles. The Morgan fingerprint density at radius 1 is 1.27 bits per heavy atom. The number of hydrogen-bond acceptors (Lipinski definition) is 5. The number of benzene rings is 1. The van der Waals surface area contributed by atoms with Gasteiger partial charge in [-0.05, 0) is 19.1 Å². The molecule has 0 spiro atoms. The van der Waals surface area contributed by atoms with Crippen LogP contribution in [0.3, 0.4) is 0 Å². The first-order chi connectivity index (χ1) is 10.5. The fourth-order valence-electron chi connectivity index (χ4n) is 1.75. The van der Waals surface area contributed by atoms with E-state index in [0.29, 0.717) is 26.6 Å². The zero-order valence-electron chi connectivity index (χ0n) is 11.3. The molecule has 0 saturated heterocycles. The van der Waals surface area contributed by atoms with Crippen molar-refractivity contribution in [2.24, 2.45) is 0 Å². The molecule has 112 valence electrons. The van der Waals surface area contributed by atoms with E-state index in [-0.39, 0.29) is 5.76 Å². The van der Waals surface area contributed by atoms with Crippen molar-refractivity contribution >= 4 is 45.6 Å². The minimum atomic E-state index is -0.393. The predicted molar refractivity (Wildman–Crippen MR) is 86.8 cm³/mol. The molecule has 3 rings (SSSR count). The van der Waals surface area contributed by atoms with Crippen molar-refractivity contribution in [3.05, 3.63) is 51.1 Å². The van der Waals surface area contributed by atoms with Crippen LogP contribution < -0.4 is 5.32 Å². The summed E-state index contributed by atoms with van der Waals surface area (Å²) in [6.45, 7) is 1.74. The predicted octanol–water partition coefficient (Wildman–Crippen LogP) is 4.67. The highest BCUT2D eigenvalue weighted by molar-refractivity contribution is 7.14. The quantitative estimate of drug-likeness (QED) is 0.742. The van der Waals surface area contributed by atoms with Crippen molar-refractivity contribution in [1.29, 1.82) is 0 Å². The van der Waals surface area contributed by atoms with Crippen LogP contribution in [0.1, 0.15) is 16.2 Å². The van der Waals surface area contributed by atoms with E-state index in [2.05, 4.69) is 15.5 Å². The Morgan fingerprint density at radius 3 is 2.77 bits per heavy atom. The zero-order chi connectivity index (χ0) is 15.7. The Labute approximate surface area is 139 Å². The second kappa shape index (κ2) is 6.08. The van der Waals surface area contributed by atoms with Crippen molar-refractivity contribution in [2.45, 2.75) is 6.92 Å². The Hall–Kier alpha value is -1.89. The summed E-state index contributed by atoms with van der Waals surface area (Å²) < 4.78 is 4.90. The molecule has 1 N–H and O–H groups in total. The first-order valence-corrected chi connectivity index (χ1v) is 7.82. The highest BCUT2D eigenvalue weighted by Gasteiger charge is 2.14. The second-order valence-electron chi connectivity index (χ2n) is 4.45. The number of amides is 1. The molecule has 0 bridgehead atoms. The summed E-state index contributed by atoms with van der Waals surface area (Å²) in [5.41, 5.74) is 2.16. The maximum Gasteiger partial charge on any atom is 0.296 e. The average Bonchev–Trinajstić information content (AvgIpc) is 3.11. The average molecular weight is 354 g/mol. The molecule has 5 nitrogen and oxygen atoms in total. The summed E-state index contributed by atoms with van der Waals surface area (Å²) in [4.78, 5) is 16.3. The van der Waals surface area contributed by atoms with Gasteiger partial charge in [-0.1, -0.05) is 34.4 Å². The Kier molecular flexibility index (Phi) is 4.15. The molecule has 0 aliphatic rings. The third kappa shape index (κ3) is 3.14. The van der Waals surface area contributed by atoms with Crippen LogP contribution in [0.2, 0.25) is 10.0 Å². The third-order valence-corrected chi connectivity index (χ3v) is 4.29. The van der Waals surface area contributed by atoms with Gasteiger partial charge in [-0.15, -0.1) is 11.3 Å². The van der Waals surface area contributed by atoms with Crippen LogP contribution in [0.4, 0.5) is 5.13 Å². The summed E-state index contributed by atoms with van der Waals surface area (Å²) in [5.74, 6) is -0.251. The van der Waals surface area contributed by atoms with Gasteiger partial charge in [0, 0.05) is 17.0 Å². The Morgan fingerprint density at radius 2 is 2.09 bits per heavy atom. The first kappa shape index (κ1) is 15.0. The van der Waals surface area contributed by atoms with E-state index >= 15 is 0 Å². The fraction of sp³-hybridized carbons (Fsp3) is 0.0714. The number of nitrogens with zero attached hydrogens (tertiary/aromatic N) is 2. The molecule has 0 atom stereocenters. The summed E-state index contributed by atoms with van der Waals surface area (Å²) in [6.07, 6.45) is 0. The molecule has 8 heteroatoms. The van der Waals surface area contributed by atoms with Crippen LogP contribution >= 0.6 is 34.5 Å². The topological polar surface area (TPSA) is 68.0 Å². The minimum absolute atomic E-state index is 0.142. The maximum atomic E-state index is 12.0. The highest BCUT2D eigenvalue weighted by atomic mass is 35.5. The zero-order valence-corrected chi connectivity index (χ0v) is 13.6. The number of hydrogen-bond donors (Lipinski definition) is 1. The van der Waals surface area contributed by atoms with Crippen LogP contribution in [-0.4, -0.2) is 16.0 Å². The molecule has 0 radical (unpaired) electrons. The van der Waals surface area contributed by atoms with E-state index in [4.69, 9.17) is 27.7 Å². The minimum Gasteiger partial charge on any atom is -0.351 e. The van der Waals surface area contributed by atoms with Crippen molar-refractivity contribution in [1.82, 2.24) is 10.1 Å². The van der Waals surface area contributed by atoms with Gasteiger partial charge in [-0.2, -0.15) is 0 Å². The molecule has 1 aromatic carbocycles. The van der Waals surface area contributed by atoms with Gasteiger partial charge in [0.1, 0.15) is 0 Å². The Bertz CT molecular complexity index is 844. The number of nitrogens with one attached hydrogen (secondary N) is 1. The van der Waals surface area contributed by atoms with Crippen LogP contribution in [0, 0.1) is 6.92 Å². The summed E-state index contributed by atoms with van der Waals surface area (Å²) in [6, 6.07) is 6.80. The normalized spacial score (nSPS) is 10.7. The number of carbonyl (C=O) groups excluding carboxylic acids is 1. The van der Waals surface area contributed by atoms with E-state index in [0.717, 1.165) is 5.56 Å². The summed E-state index contributed by atoms with van der Waals surface area (Å²) >= 11 is 13.2. The largest absolute Gasteiger partial charge is 0.351 e. The van der Waals surface area contributed by atoms with Crippen LogP contribution in [0.5, 0.6) is 0 Å². The van der Waals surface area contributed by atoms with E-state index in [9.17, 15) is 4.79 Å². The SMILES string of the molecule is Cc1cc(C(=O)Nc2nc(-c3ccc(Cl)c(Cl)c3)cs2)on1. The van der Waals surface area contributed by atoms with Gasteiger partial charge in [0.15, 0.2) is 5.13 Å². The molecule has 3 aromatic rings.